The summed E-state index contributed by atoms with van der Waals surface area (Å²) in [5.41, 5.74) is 2.43. The summed E-state index contributed by atoms with van der Waals surface area (Å²) in [6, 6.07) is 22.0. The third-order valence-corrected chi connectivity index (χ3v) is 5.09. The summed E-state index contributed by atoms with van der Waals surface area (Å²) in [4.78, 5) is 34.5. The van der Waals surface area contributed by atoms with Crippen molar-refractivity contribution in [3.05, 3.63) is 107 Å². The smallest absolute Gasteiger partial charge is 0.297 e. The van der Waals surface area contributed by atoms with Crippen LogP contribution in [0, 0.1) is 0 Å². The molecule has 0 bridgehead atoms. The molecule has 5 rings (SSSR count). The maximum Gasteiger partial charge on any atom is 0.297 e. The first-order valence-corrected chi connectivity index (χ1v) is 9.82. The lowest BCUT2D eigenvalue weighted by Gasteiger charge is -2.19. The molecule has 0 spiro atoms. The van der Waals surface area contributed by atoms with Gasteiger partial charge in [-0.05, 0) is 29.8 Å². The van der Waals surface area contributed by atoms with E-state index in [4.69, 9.17) is 4.42 Å². The third-order valence-electron chi connectivity index (χ3n) is 5.09. The molecule has 31 heavy (non-hydrogen) atoms. The highest BCUT2D eigenvalue weighted by Crippen LogP contribution is 2.24. The molecule has 7 heteroatoms. The second-order valence-electron chi connectivity index (χ2n) is 7.12. The van der Waals surface area contributed by atoms with Gasteiger partial charge in [-0.25, -0.2) is 4.98 Å². The van der Waals surface area contributed by atoms with Gasteiger partial charge >= 0.3 is 0 Å². The van der Waals surface area contributed by atoms with Crippen molar-refractivity contribution in [2.75, 3.05) is 0 Å². The lowest BCUT2D eigenvalue weighted by atomic mass is 10.0. The fraction of sp³-hybridized carbons (Fsp3) is 0.0833. The van der Waals surface area contributed by atoms with Gasteiger partial charge in [-0.2, -0.15) is 0 Å². The number of aromatic nitrogens is 3. The summed E-state index contributed by atoms with van der Waals surface area (Å²) in [6.07, 6.45) is 3.06. The highest BCUT2D eigenvalue weighted by atomic mass is 16.3. The summed E-state index contributed by atoms with van der Waals surface area (Å²) in [7, 11) is 0. The van der Waals surface area contributed by atoms with Crippen LogP contribution in [0.1, 0.15) is 17.3 Å². The summed E-state index contributed by atoms with van der Waals surface area (Å²) < 4.78 is 6.94. The Balaban J connectivity index is 1.45. The Morgan fingerprint density at radius 2 is 1.74 bits per heavy atom. The molecule has 3 heterocycles. The summed E-state index contributed by atoms with van der Waals surface area (Å²) in [6.45, 7) is -0.186. The SMILES string of the molecule is O=C(Cn1cnc2c(oc3ccccc32)c1=O)NC(c1ccccc1)c1ccccn1. The number of furan rings is 1. The van der Waals surface area contributed by atoms with E-state index in [0.717, 1.165) is 10.9 Å². The first kappa shape index (κ1) is 18.7. The van der Waals surface area contributed by atoms with Crippen LogP contribution in [-0.2, 0) is 11.3 Å². The number of fused-ring (bicyclic) bond motifs is 3. The van der Waals surface area contributed by atoms with Crippen molar-refractivity contribution in [1.29, 1.82) is 0 Å². The van der Waals surface area contributed by atoms with E-state index in [1.165, 1.54) is 10.9 Å². The Hall–Kier alpha value is -4.26. The highest BCUT2D eigenvalue weighted by Gasteiger charge is 2.19. The van der Waals surface area contributed by atoms with E-state index in [2.05, 4.69) is 15.3 Å². The van der Waals surface area contributed by atoms with Crippen LogP contribution >= 0.6 is 0 Å². The molecule has 1 amide bonds. The van der Waals surface area contributed by atoms with Crippen LogP contribution in [0.5, 0.6) is 0 Å². The van der Waals surface area contributed by atoms with Crippen molar-refractivity contribution in [3.8, 4) is 0 Å². The van der Waals surface area contributed by atoms with Crippen LogP contribution in [0.3, 0.4) is 0 Å². The summed E-state index contributed by atoms with van der Waals surface area (Å²) in [5.74, 6) is -0.334. The summed E-state index contributed by atoms with van der Waals surface area (Å²) in [5, 5.41) is 3.75. The van der Waals surface area contributed by atoms with E-state index < -0.39 is 11.6 Å². The number of hydrogen-bond donors (Lipinski definition) is 1. The zero-order valence-electron chi connectivity index (χ0n) is 16.4. The number of hydrogen-bond acceptors (Lipinski definition) is 5. The van der Waals surface area contributed by atoms with Gasteiger partial charge in [0.1, 0.15) is 17.6 Å². The molecule has 0 fully saturated rings. The van der Waals surface area contributed by atoms with Crippen LogP contribution in [-0.4, -0.2) is 20.4 Å². The first-order valence-electron chi connectivity index (χ1n) is 9.82. The average Bonchev–Trinajstić information content (AvgIpc) is 3.20. The zero-order valence-corrected chi connectivity index (χ0v) is 16.4. The fourth-order valence-corrected chi connectivity index (χ4v) is 3.61. The quantitative estimate of drug-likeness (QED) is 0.479. The minimum Gasteiger partial charge on any atom is -0.448 e. The number of para-hydroxylation sites is 1. The van der Waals surface area contributed by atoms with Crippen LogP contribution in [0.4, 0.5) is 0 Å². The largest absolute Gasteiger partial charge is 0.448 e. The van der Waals surface area contributed by atoms with Gasteiger partial charge in [0, 0.05) is 11.6 Å². The fourth-order valence-electron chi connectivity index (χ4n) is 3.61. The average molecular weight is 410 g/mol. The molecule has 1 N–H and O–H groups in total. The van der Waals surface area contributed by atoms with Crippen molar-refractivity contribution < 1.29 is 9.21 Å². The molecule has 0 aliphatic heterocycles. The van der Waals surface area contributed by atoms with Crippen molar-refractivity contribution in [2.45, 2.75) is 12.6 Å². The monoisotopic (exact) mass is 410 g/mol. The Bertz CT molecular complexity index is 1390. The van der Waals surface area contributed by atoms with Crippen LogP contribution in [0.25, 0.3) is 22.1 Å². The Kier molecular flexibility index (Phi) is 4.76. The van der Waals surface area contributed by atoms with E-state index in [1.54, 1.807) is 12.3 Å². The lowest BCUT2D eigenvalue weighted by Crippen LogP contribution is -2.35. The molecule has 5 aromatic rings. The van der Waals surface area contributed by atoms with Crippen molar-refractivity contribution in [1.82, 2.24) is 19.9 Å². The number of nitrogens with one attached hydrogen (secondary N) is 1. The molecule has 152 valence electrons. The zero-order chi connectivity index (χ0) is 21.2. The number of benzene rings is 2. The minimum absolute atomic E-state index is 0.140. The van der Waals surface area contributed by atoms with Crippen molar-refractivity contribution >= 4 is 28.0 Å². The molecule has 0 radical (unpaired) electrons. The highest BCUT2D eigenvalue weighted by molar-refractivity contribution is 6.01. The Labute approximate surface area is 177 Å². The van der Waals surface area contributed by atoms with Gasteiger partial charge in [-0.15, -0.1) is 0 Å². The molecule has 1 atom stereocenters. The standard InChI is InChI=1S/C24H18N4O3/c29-20(27-21(16-8-2-1-3-9-16)18-11-6-7-13-25-18)14-28-15-26-22-17-10-4-5-12-19(17)31-23(22)24(28)30/h1-13,15,21H,14H2,(H,27,29). The normalized spacial score (nSPS) is 12.1. The molecular weight excluding hydrogens is 392 g/mol. The molecule has 7 nitrogen and oxygen atoms in total. The second kappa shape index (κ2) is 7.87. The molecule has 0 aliphatic carbocycles. The van der Waals surface area contributed by atoms with E-state index in [-0.39, 0.29) is 18.0 Å². The maximum atomic E-state index is 12.9. The maximum absolute atomic E-state index is 12.9. The predicted molar refractivity (Wildman–Crippen MR) is 116 cm³/mol. The second-order valence-corrected chi connectivity index (χ2v) is 7.12. The molecular formula is C24H18N4O3. The number of nitrogens with zero attached hydrogens (tertiary/aromatic N) is 3. The molecule has 0 saturated carbocycles. The van der Waals surface area contributed by atoms with Crippen molar-refractivity contribution in [3.63, 3.8) is 0 Å². The van der Waals surface area contributed by atoms with Crippen LogP contribution < -0.4 is 10.9 Å². The van der Waals surface area contributed by atoms with Crippen LogP contribution in [0.2, 0.25) is 0 Å². The molecule has 1 unspecified atom stereocenters. The molecule has 2 aromatic carbocycles. The van der Waals surface area contributed by atoms with Gasteiger partial charge in [0.2, 0.25) is 11.5 Å². The topological polar surface area (TPSA) is 90.0 Å². The molecule has 0 aliphatic rings. The van der Waals surface area contributed by atoms with E-state index in [9.17, 15) is 9.59 Å². The Morgan fingerprint density at radius 3 is 2.55 bits per heavy atom. The number of carbonyl (C=O) groups excluding carboxylic acids is 1. The number of rotatable bonds is 5. The van der Waals surface area contributed by atoms with Crippen molar-refractivity contribution in [2.24, 2.45) is 0 Å². The van der Waals surface area contributed by atoms with Gasteiger partial charge in [0.05, 0.1) is 18.1 Å². The predicted octanol–water partition coefficient (Wildman–Crippen LogP) is 3.44. The number of pyridine rings is 1. The molecule has 0 saturated heterocycles. The van der Waals surface area contributed by atoms with E-state index >= 15 is 0 Å². The van der Waals surface area contributed by atoms with Gasteiger partial charge < -0.3 is 9.73 Å². The minimum atomic E-state index is -0.437. The summed E-state index contributed by atoms with van der Waals surface area (Å²) >= 11 is 0. The first-order chi connectivity index (χ1) is 15.2. The van der Waals surface area contributed by atoms with E-state index in [0.29, 0.717) is 16.8 Å². The Morgan fingerprint density at radius 1 is 0.968 bits per heavy atom. The van der Waals surface area contributed by atoms with Crippen LogP contribution in [0.15, 0.2) is 94.5 Å². The van der Waals surface area contributed by atoms with Gasteiger partial charge in [-0.3, -0.25) is 19.1 Å². The van der Waals surface area contributed by atoms with E-state index in [1.807, 2.05) is 66.7 Å². The number of amides is 1. The van der Waals surface area contributed by atoms with Gasteiger partial charge in [0.15, 0.2) is 0 Å². The lowest BCUT2D eigenvalue weighted by molar-refractivity contribution is -0.122. The number of carbonyl (C=O) groups is 1. The molecule has 3 aromatic heterocycles. The third kappa shape index (κ3) is 3.57. The van der Waals surface area contributed by atoms with Gasteiger partial charge in [-0.1, -0.05) is 48.5 Å². The van der Waals surface area contributed by atoms with Gasteiger partial charge in [0.25, 0.3) is 5.56 Å².